The molecule has 4 nitrogen and oxygen atoms in total. The van der Waals surface area contributed by atoms with E-state index in [9.17, 15) is 0 Å². The Labute approximate surface area is 112 Å². The van der Waals surface area contributed by atoms with E-state index in [2.05, 4.69) is 0 Å². The number of fused-ring (bicyclic) bond motifs is 1. The number of allylic oxidation sites excluding steroid dienone is 4. The van der Waals surface area contributed by atoms with Gasteiger partial charge in [0.2, 0.25) is 0 Å². The van der Waals surface area contributed by atoms with Crippen LogP contribution in [-0.4, -0.2) is 17.1 Å². The van der Waals surface area contributed by atoms with Crippen LogP contribution in [0, 0.1) is 22.7 Å². The SMILES string of the molecule is N#CC(C#N)=C1C=CC2=NC3(CCCCC3)N=C2C1. The third-order valence-electron chi connectivity index (χ3n) is 3.97. The molecule has 0 aromatic rings. The first-order valence-corrected chi connectivity index (χ1v) is 6.67. The Morgan fingerprint density at radius 1 is 1.05 bits per heavy atom. The number of hydrogen-bond acceptors (Lipinski definition) is 4. The van der Waals surface area contributed by atoms with E-state index in [-0.39, 0.29) is 11.2 Å². The fourth-order valence-electron chi connectivity index (χ4n) is 2.99. The van der Waals surface area contributed by atoms with Gasteiger partial charge in [-0.05, 0) is 37.3 Å². The van der Waals surface area contributed by atoms with Crippen LogP contribution in [0.2, 0.25) is 0 Å². The van der Waals surface area contributed by atoms with Gasteiger partial charge in [0.15, 0.2) is 5.66 Å². The Kier molecular flexibility index (Phi) is 2.80. The van der Waals surface area contributed by atoms with E-state index in [1.807, 2.05) is 24.3 Å². The summed E-state index contributed by atoms with van der Waals surface area (Å²) in [5.74, 6) is 0. The molecule has 19 heavy (non-hydrogen) atoms. The van der Waals surface area contributed by atoms with Crippen LogP contribution in [0.1, 0.15) is 38.5 Å². The van der Waals surface area contributed by atoms with Gasteiger partial charge in [-0.2, -0.15) is 10.5 Å². The Morgan fingerprint density at radius 3 is 2.47 bits per heavy atom. The van der Waals surface area contributed by atoms with Crippen molar-refractivity contribution in [3.05, 3.63) is 23.3 Å². The summed E-state index contributed by atoms with van der Waals surface area (Å²) in [5, 5.41) is 17.9. The summed E-state index contributed by atoms with van der Waals surface area (Å²) in [6.07, 6.45) is 9.98. The maximum absolute atomic E-state index is 8.93. The molecule has 2 aliphatic carbocycles. The zero-order chi connectivity index (χ0) is 13.3. The zero-order valence-electron chi connectivity index (χ0n) is 10.7. The number of hydrogen-bond donors (Lipinski definition) is 0. The molecule has 3 aliphatic rings. The van der Waals surface area contributed by atoms with E-state index in [1.165, 1.54) is 19.3 Å². The van der Waals surface area contributed by atoms with Gasteiger partial charge in [-0.15, -0.1) is 0 Å². The van der Waals surface area contributed by atoms with Crippen molar-refractivity contribution in [1.82, 2.24) is 0 Å². The normalized spacial score (nSPS) is 23.2. The second-order valence-corrected chi connectivity index (χ2v) is 5.23. The Bertz CT molecular complexity index is 598. The van der Waals surface area contributed by atoms with Gasteiger partial charge in [-0.1, -0.05) is 12.5 Å². The summed E-state index contributed by atoms with van der Waals surface area (Å²) >= 11 is 0. The molecule has 1 spiro atoms. The van der Waals surface area contributed by atoms with Crippen LogP contribution in [0.15, 0.2) is 33.3 Å². The van der Waals surface area contributed by atoms with E-state index >= 15 is 0 Å². The predicted octanol–water partition coefficient (Wildman–Crippen LogP) is 2.85. The second-order valence-electron chi connectivity index (χ2n) is 5.23. The van der Waals surface area contributed by atoms with Crippen molar-refractivity contribution in [1.29, 1.82) is 10.5 Å². The second kappa shape index (κ2) is 4.48. The fraction of sp³-hybridized carbons (Fsp3) is 0.467. The summed E-state index contributed by atoms with van der Waals surface area (Å²) in [7, 11) is 0. The molecule has 0 atom stereocenters. The predicted molar refractivity (Wildman–Crippen MR) is 72.7 cm³/mol. The molecule has 1 aliphatic heterocycles. The average molecular weight is 250 g/mol. The van der Waals surface area contributed by atoms with Crippen molar-refractivity contribution in [2.75, 3.05) is 0 Å². The molecule has 0 aromatic carbocycles. The minimum Gasteiger partial charge on any atom is -0.257 e. The van der Waals surface area contributed by atoms with E-state index in [4.69, 9.17) is 20.5 Å². The monoisotopic (exact) mass is 250 g/mol. The van der Waals surface area contributed by atoms with Crippen molar-refractivity contribution in [3.8, 4) is 12.1 Å². The minimum atomic E-state index is -0.234. The lowest BCUT2D eigenvalue weighted by Crippen LogP contribution is -2.25. The number of nitrogens with zero attached hydrogens (tertiary/aromatic N) is 4. The van der Waals surface area contributed by atoms with Gasteiger partial charge in [0.1, 0.15) is 17.7 Å². The number of aliphatic imine (C=N–C) groups is 2. The van der Waals surface area contributed by atoms with E-state index in [0.717, 1.165) is 29.8 Å². The van der Waals surface area contributed by atoms with Crippen molar-refractivity contribution in [2.45, 2.75) is 44.2 Å². The maximum Gasteiger partial charge on any atom is 0.151 e. The minimum absolute atomic E-state index is 0.183. The van der Waals surface area contributed by atoms with Crippen molar-refractivity contribution in [3.63, 3.8) is 0 Å². The molecule has 4 heteroatoms. The number of nitriles is 2. The molecule has 1 fully saturated rings. The van der Waals surface area contributed by atoms with Gasteiger partial charge in [0.05, 0.1) is 11.4 Å². The lowest BCUT2D eigenvalue weighted by atomic mass is 9.90. The molecule has 94 valence electrons. The molecule has 1 saturated carbocycles. The van der Waals surface area contributed by atoms with Gasteiger partial charge in [0, 0.05) is 6.42 Å². The zero-order valence-corrected chi connectivity index (χ0v) is 10.7. The molecule has 0 radical (unpaired) electrons. The van der Waals surface area contributed by atoms with E-state index in [0.29, 0.717) is 6.42 Å². The van der Waals surface area contributed by atoms with Crippen molar-refractivity contribution < 1.29 is 0 Å². The van der Waals surface area contributed by atoms with Gasteiger partial charge in [0.25, 0.3) is 0 Å². The first kappa shape index (κ1) is 11.9. The summed E-state index contributed by atoms with van der Waals surface area (Å²) in [6.45, 7) is 0. The molecule has 0 bridgehead atoms. The van der Waals surface area contributed by atoms with Crippen LogP contribution in [-0.2, 0) is 0 Å². The maximum atomic E-state index is 8.93. The first-order chi connectivity index (χ1) is 9.26. The van der Waals surface area contributed by atoms with Gasteiger partial charge >= 0.3 is 0 Å². The molecule has 1 heterocycles. The van der Waals surface area contributed by atoms with Crippen LogP contribution in [0.5, 0.6) is 0 Å². The molecule has 0 saturated heterocycles. The highest BCUT2D eigenvalue weighted by Gasteiger charge is 2.37. The summed E-state index contributed by atoms with van der Waals surface area (Å²) < 4.78 is 0. The van der Waals surface area contributed by atoms with Crippen LogP contribution in [0.4, 0.5) is 0 Å². The first-order valence-electron chi connectivity index (χ1n) is 6.67. The number of rotatable bonds is 0. The smallest absolute Gasteiger partial charge is 0.151 e. The molecule has 3 rings (SSSR count). The highest BCUT2D eigenvalue weighted by molar-refractivity contribution is 6.49. The van der Waals surface area contributed by atoms with Crippen molar-refractivity contribution in [2.24, 2.45) is 9.98 Å². The topological polar surface area (TPSA) is 72.3 Å². The summed E-state index contributed by atoms with van der Waals surface area (Å²) in [6, 6.07) is 3.89. The van der Waals surface area contributed by atoms with E-state index < -0.39 is 0 Å². The molecular weight excluding hydrogens is 236 g/mol. The molecule has 0 unspecified atom stereocenters. The molecule has 0 N–H and O–H groups in total. The third kappa shape index (κ3) is 2.00. The van der Waals surface area contributed by atoms with Crippen LogP contribution in [0.3, 0.4) is 0 Å². The average Bonchev–Trinajstić information content (AvgIpc) is 2.77. The van der Waals surface area contributed by atoms with Gasteiger partial charge in [-0.25, -0.2) is 0 Å². The third-order valence-corrected chi connectivity index (χ3v) is 3.97. The largest absolute Gasteiger partial charge is 0.257 e. The summed E-state index contributed by atoms with van der Waals surface area (Å²) in [5.41, 5.74) is 2.60. The quantitative estimate of drug-likeness (QED) is 0.620. The molecule has 0 amide bonds. The van der Waals surface area contributed by atoms with Crippen LogP contribution in [0.25, 0.3) is 0 Å². The highest BCUT2D eigenvalue weighted by atomic mass is 15.1. The van der Waals surface area contributed by atoms with Gasteiger partial charge < -0.3 is 0 Å². The Hall–Kier alpha value is -2.20. The van der Waals surface area contributed by atoms with Crippen LogP contribution < -0.4 is 0 Å². The fourth-order valence-corrected chi connectivity index (χ4v) is 2.99. The lowest BCUT2D eigenvalue weighted by molar-refractivity contribution is 0.316. The Morgan fingerprint density at radius 2 is 1.79 bits per heavy atom. The molecular formula is C15H14N4. The van der Waals surface area contributed by atoms with Crippen molar-refractivity contribution >= 4 is 11.4 Å². The Balaban J connectivity index is 1.95. The summed E-state index contributed by atoms with van der Waals surface area (Å²) in [4.78, 5) is 9.60. The highest BCUT2D eigenvalue weighted by Crippen LogP contribution is 2.38. The standard InChI is InChI=1S/C15H14N4/c16-9-12(10-17)11-4-5-13-14(8-11)19-15(18-13)6-2-1-3-7-15/h4-5H,1-3,6-8H2. The molecule has 0 aromatic heterocycles. The van der Waals surface area contributed by atoms with E-state index in [1.54, 1.807) is 0 Å². The van der Waals surface area contributed by atoms with Gasteiger partial charge in [-0.3, -0.25) is 9.98 Å². The van der Waals surface area contributed by atoms with Crippen LogP contribution >= 0.6 is 0 Å². The lowest BCUT2D eigenvalue weighted by Gasteiger charge is -2.27.